The third-order valence-corrected chi connectivity index (χ3v) is 1.43. The van der Waals surface area contributed by atoms with E-state index in [0.29, 0.717) is 6.04 Å². The minimum atomic E-state index is 0.616. The molecule has 9 heavy (non-hydrogen) atoms. The normalized spacial score (nSPS) is 12.0. The molecular weight excluding hydrogens is 112 g/mol. The largest absolute Gasteiger partial charge is 0.248 e. The van der Waals surface area contributed by atoms with Gasteiger partial charge >= 0.3 is 0 Å². The van der Waals surface area contributed by atoms with E-state index in [-0.39, 0.29) is 0 Å². The average Bonchev–Trinajstić information content (AvgIpc) is 1.64. The highest BCUT2D eigenvalue weighted by Gasteiger charge is 2.06. The van der Waals surface area contributed by atoms with Crippen LogP contribution in [0.1, 0.15) is 20.8 Å². The zero-order valence-electron chi connectivity index (χ0n) is 7.18. The van der Waals surface area contributed by atoms with Gasteiger partial charge in [0.15, 0.2) is 0 Å². The Morgan fingerprint density at radius 3 is 1.67 bits per heavy atom. The van der Waals surface area contributed by atoms with E-state index in [2.05, 4.69) is 44.9 Å². The van der Waals surface area contributed by atoms with Crippen LogP contribution in [0.4, 0.5) is 0 Å². The summed E-state index contributed by atoms with van der Waals surface area (Å²) >= 11 is 0. The van der Waals surface area contributed by atoms with Crippen molar-refractivity contribution in [2.24, 2.45) is 0 Å². The summed E-state index contributed by atoms with van der Waals surface area (Å²) in [6.45, 7) is 7.65. The van der Waals surface area contributed by atoms with Crippen LogP contribution in [-0.2, 0) is 0 Å². The van der Waals surface area contributed by atoms with Gasteiger partial charge in [-0.25, -0.2) is 10.0 Å². The molecule has 0 aliphatic rings. The predicted octanol–water partition coefficient (Wildman–Crippen LogP) is 1.19. The summed E-state index contributed by atoms with van der Waals surface area (Å²) in [4.78, 5) is 0. The van der Waals surface area contributed by atoms with Crippen molar-refractivity contribution in [1.29, 1.82) is 0 Å². The fourth-order valence-corrected chi connectivity index (χ4v) is 1.11. The predicted molar refractivity (Wildman–Crippen MR) is 41.2 cm³/mol. The lowest BCUT2D eigenvalue weighted by atomic mass is 10.4. The highest BCUT2D eigenvalue weighted by atomic mass is 15.6. The van der Waals surface area contributed by atoms with Gasteiger partial charge in [0, 0.05) is 26.7 Å². The van der Waals surface area contributed by atoms with Crippen LogP contribution in [0.3, 0.4) is 0 Å². The monoisotopic (exact) mass is 130 g/mol. The molecule has 0 amide bonds. The Labute approximate surface area is 58.4 Å². The Balaban J connectivity index is 3.68. The quantitative estimate of drug-likeness (QED) is 0.529. The zero-order valence-corrected chi connectivity index (χ0v) is 7.18. The van der Waals surface area contributed by atoms with Crippen LogP contribution in [0.5, 0.6) is 0 Å². The summed E-state index contributed by atoms with van der Waals surface area (Å²) in [7, 11) is 4.15. The molecule has 0 aromatic rings. The van der Waals surface area contributed by atoms with E-state index in [1.54, 1.807) is 0 Å². The maximum atomic E-state index is 2.29. The third kappa shape index (κ3) is 2.82. The molecule has 0 rings (SSSR count). The topological polar surface area (TPSA) is 6.48 Å². The van der Waals surface area contributed by atoms with E-state index in [4.69, 9.17) is 0 Å². The van der Waals surface area contributed by atoms with E-state index in [1.165, 1.54) is 0 Å². The molecule has 0 bridgehead atoms. The Kier molecular flexibility index (Phi) is 3.82. The fourth-order valence-electron chi connectivity index (χ4n) is 1.11. The molecule has 2 nitrogen and oxygen atoms in total. The molecule has 0 atom stereocenters. The Hall–Kier alpha value is -0.0800. The second kappa shape index (κ2) is 3.85. The summed E-state index contributed by atoms with van der Waals surface area (Å²) in [5.41, 5.74) is 0. The van der Waals surface area contributed by atoms with Crippen molar-refractivity contribution in [3.63, 3.8) is 0 Å². The molecule has 0 fully saturated rings. The van der Waals surface area contributed by atoms with Gasteiger partial charge in [0.05, 0.1) is 0 Å². The summed E-state index contributed by atoms with van der Waals surface area (Å²) in [6.07, 6.45) is 0. The van der Waals surface area contributed by atoms with Gasteiger partial charge in [0.1, 0.15) is 0 Å². The van der Waals surface area contributed by atoms with Crippen molar-refractivity contribution >= 4 is 0 Å². The van der Waals surface area contributed by atoms with Gasteiger partial charge in [0.25, 0.3) is 0 Å². The molecular formula is C7H18N2. The molecule has 0 radical (unpaired) electrons. The van der Waals surface area contributed by atoms with E-state index in [0.717, 1.165) is 6.54 Å². The van der Waals surface area contributed by atoms with Crippen molar-refractivity contribution < 1.29 is 0 Å². The number of hydrogen-bond donors (Lipinski definition) is 0. The highest BCUT2D eigenvalue weighted by molar-refractivity contribution is 4.53. The first kappa shape index (κ1) is 8.92. The van der Waals surface area contributed by atoms with Crippen LogP contribution < -0.4 is 0 Å². The molecule has 0 heterocycles. The summed E-state index contributed by atoms with van der Waals surface area (Å²) in [5, 5.41) is 4.42. The van der Waals surface area contributed by atoms with E-state index in [9.17, 15) is 0 Å². The number of hydrogen-bond acceptors (Lipinski definition) is 2. The van der Waals surface area contributed by atoms with Crippen molar-refractivity contribution in [2.75, 3.05) is 20.6 Å². The van der Waals surface area contributed by atoms with Crippen molar-refractivity contribution in [2.45, 2.75) is 26.8 Å². The molecule has 0 saturated heterocycles. The number of rotatable bonds is 3. The van der Waals surface area contributed by atoms with Gasteiger partial charge in [0.2, 0.25) is 0 Å². The van der Waals surface area contributed by atoms with Gasteiger partial charge in [-0.05, 0) is 13.8 Å². The first-order valence-electron chi connectivity index (χ1n) is 3.53. The first-order valence-corrected chi connectivity index (χ1v) is 3.53. The maximum absolute atomic E-state index is 2.29. The summed E-state index contributed by atoms with van der Waals surface area (Å²) in [5.74, 6) is 0. The van der Waals surface area contributed by atoms with Crippen LogP contribution in [0.2, 0.25) is 0 Å². The molecule has 0 aliphatic heterocycles. The molecule has 0 aromatic carbocycles. The molecule has 0 saturated carbocycles. The molecule has 0 aliphatic carbocycles. The number of nitrogens with zero attached hydrogens (tertiary/aromatic N) is 2. The number of hydrazine groups is 1. The van der Waals surface area contributed by atoms with E-state index < -0.39 is 0 Å². The first-order chi connectivity index (χ1) is 4.09. The fraction of sp³-hybridized carbons (Fsp3) is 1.00. The van der Waals surface area contributed by atoms with E-state index in [1.807, 2.05) is 0 Å². The smallest absolute Gasteiger partial charge is 0.0189 e. The third-order valence-electron chi connectivity index (χ3n) is 1.43. The van der Waals surface area contributed by atoms with Gasteiger partial charge in [-0.3, -0.25) is 0 Å². The second-order valence-electron chi connectivity index (χ2n) is 2.70. The lowest BCUT2D eigenvalue weighted by molar-refractivity contribution is 0.000242. The van der Waals surface area contributed by atoms with Crippen molar-refractivity contribution in [3.8, 4) is 0 Å². The van der Waals surface area contributed by atoms with Crippen LogP contribution in [0, 0.1) is 0 Å². The molecule has 0 aromatic heterocycles. The Morgan fingerprint density at radius 2 is 1.67 bits per heavy atom. The minimum Gasteiger partial charge on any atom is -0.248 e. The van der Waals surface area contributed by atoms with Crippen LogP contribution in [0.25, 0.3) is 0 Å². The standard InChI is InChI=1S/C7H18N2/c1-6-9(7(2)3)8(4)5/h7H,6H2,1-5H3. The van der Waals surface area contributed by atoms with Crippen molar-refractivity contribution in [3.05, 3.63) is 0 Å². The summed E-state index contributed by atoms with van der Waals surface area (Å²) < 4.78 is 0. The highest BCUT2D eigenvalue weighted by Crippen LogP contribution is 1.97. The average molecular weight is 130 g/mol. The van der Waals surface area contributed by atoms with Gasteiger partial charge < -0.3 is 0 Å². The Bertz CT molecular complexity index is 61.3. The van der Waals surface area contributed by atoms with Crippen LogP contribution in [0.15, 0.2) is 0 Å². The second-order valence-corrected chi connectivity index (χ2v) is 2.70. The molecule has 0 spiro atoms. The lowest BCUT2D eigenvalue weighted by Crippen LogP contribution is -2.41. The van der Waals surface area contributed by atoms with Gasteiger partial charge in [-0.15, -0.1) is 0 Å². The minimum absolute atomic E-state index is 0.616. The van der Waals surface area contributed by atoms with Crippen LogP contribution in [-0.4, -0.2) is 36.7 Å². The van der Waals surface area contributed by atoms with Crippen LogP contribution >= 0.6 is 0 Å². The molecule has 0 unspecified atom stereocenters. The lowest BCUT2D eigenvalue weighted by Gasteiger charge is -2.31. The van der Waals surface area contributed by atoms with Gasteiger partial charge in [-0.1, -0.05) is 6.92 Å². The van der Waals surface area contributed by atoms with Gasteiger partial charge in [-0.2, -0.15) is 0 Å². The van der Waals surface area contributed by atoms with E-state index >= 15 is 0 Å². The Morgan fingerprint density at radius 1 is 1.22 bits per heavy atom. The molecule has 56 valence electrons. The zero-order chi connectivity index (χ0) is 7.44. The summed E-state index contributed by atoms with van der Waals surface area (Å²) in [6, 6.07) is 0.616. The van der Waals surface area contributed by atoms with Crippen molar-refractivity contribution in [1.82, 2.24) is 10.0 Å². The SMILES string of the molecule is CCN(C(C)C)N(C)C. The molecule has 0 N–H and O–H groups in total. The molecule has 2 heteroatoms. The maximum Gasteiger partial charge on any atom is 0.0189 e.